The number of nitrogens with one attached hydrogen (secondary N) is 3. The highest BCUT2D eigenvalue weighted by atomic mass is 15.4. The molecule has 2 aliphatic heterocycles. The Morgan fingerprint density at radius 2 is 1.14 bits per heavy atom. The van der Waals surface area contributed by atoms with E-state index in [0.717, 1.165) is 56.3 Å². The number of anilines is 1. The molecule has 8 nitrogen and oxygen atoms in total. The molecule has 8 heteroatoms. The van der Waals surface area contributed by atoms with Crippen molar-refractivity contribution < 1.29 is 0 Å². The van der Waals surface area contributed by atoms with Crippen molar-refractivity contribution in [3.63, 3.8) is 0 Å². The van der Waals surface area contributed by atoms with E-state index in [2.05, 4.69) is 163 Å². The molecule has 0 spiro atoms. The van der Waals surface area contributed by atoms with Gasteiger partial charge < -0.3 is 10.6 Å². The van der Waals surface area contributed by atoms with Gasteiger partial charge in [-0.05, 0) is 35.4 Å². The molecule has 4 aromatic heterocycles. The number of aromatic nitrogens is 3. The Morgan fingerprint density at radius 1 is 0.549 bits per heavy atom. The quantitative estimate of drug-likeness (QED) is 0.174. The van der Waals surface area contributed by atoms with E-state index in [1.807, 2.05) is 6.21 Å². The average Bonchev–Trinajstić information content (AvgIpc) is 3.83. The summed E-state index contributed by atoms with van der Waals surface area (Å²) in [5, 5.41) is 18.6. The van der Waals surface area contributed by atoms with Gasteiger partial charge in [0.2, 0.25) is 5.96 Å². The maximum Gasteiger partial charge on any atom is 0.206 e. The molecule has 242 valence electrons. The van der Waals surface area contributed by atoms with Gasteiger partial charge in [-0.25, -0.2) is 9.98 Å². The van der Waals surface area contributed by atoms with E-state index >= 15 is 0 Å². The molecule has 6 heterocycles. The monoisotopic (exact) mass is 658 g/mol. The first-order chi connectivity index (χ1) is 25.3. The van der Waals surface area contributed by atoms with E-state index in [1.165, 1.54) is 37.8 Å². The minimum Gasteiger partial charge on any atom is -0.363 e. The zero-order valence-electron chi connectivity index (χ0n) is 27.4. The molecule has 0 aliphatic carbocycles. The Kier molecular flexibility index (Phi) is 5.32. The van der Waals surface area contributed by atoms with Crippen molar-refractivity contribution in [1.82, 2.24) is 24.0 Å². The summed E-state index contributed by atoms with van der Waals surface area (Å²) in [6.45, 7) is 0.651. The minimum absolute atomic E-state index is 0.162. The normalized spacial score (nSPS) is 17.6. The zero-order chi connectivity index (χ0) is 33.2. The van der Waals surface area contributed by atoms with Crippen LogP contribution in [0.5, 0.6) is 0 Å². The lowest BCUT2D eigenvalue weighted by atomic mass is 10.0. The lowest BCUT2D eigenvalue weighted by Crippen LogP contribution is -2.47. The minimum atomic E-state index is -0.256. The molecule has 0 saturated carbocycles. The standard InChI is InChI=1S/C43H30N8/c1-3-11-25(12-4-1)39-46-40(26-13-5-2-6-14-26)48-43(47-39)49-33-21-19-29-27-15-7-9-17-31(27)50-37(29)35(33)36-34(49)22-20-30-28-16-8-10-18-32(28)51(38(30)36)42-41(50)44-23-24-45-42/h1-23,39-40,45-46H,24H2,(H,47,48). The second-order valence-corrected chi connectivity index (χ2v) is 13.5. The van der Waals surface area contributed by atoms with Gasteiger partial charge in [0.15, 0.2) is 11.6 Å². The number of benzene rings is 6. The van der Waals surface area contributed by atoms with Crippen LogP contribution in [0.15, 0.2) is 143 Å². The summed E-state index contributed by atoms with van der Waals surface area (Å²) in [5.41, 5.74) is 9.06. The Labute approximate surface area is 291 Å². The van der Waals surface area contributed by atoms with Crippen molar-refractivity contribution in [2.24, 2.45) is 9.98 Å². The molecule has 0 radical (unpaired) electrons. The van der Waals surface area contributed by atoms with Crippen LogP contribution >= 0.6 is 0 Å². The van der Waals surface area contributed by atoms with E-state index in [0.29, 0.717) is 6.54 Å². The maximum atomic E-state index is 5.45. The maximum absolute atomic E-state index is 5.45. The predicted octanol–water partition coefficient (Wildman–Crippen LogP) is 9.12. The van der Waals surface area contributed by atoms with Crippen molar-refractivity contribution >= 4 is 89.2 Å². The largest absolute Gasteiger partial charge is 0.363 e. The fourth-order valence-corrected chi connectivity index (χ4v) is 8.81. The highest BCUT2D eigenvalue weighted by Gasteiger charge is 2.31. The smallest absolute Gasteiger partial charge is 0.206 e. The average molecular weight is 659 g/mol. The van der Waals surface area contributed by atoms with Crippen molar-refractivity contribution in [2.45, 2.75) is 12.3 Å². The van der Waals surface area contributed by atoms with Gasteiger partial charge in [-0.3, -0.25) is 18.7 Å². The topological polar surface area (TPSA) is 74.6 Å². The molecule has 0 bridgehead atoms. The predicted molar refractivity (Wildman–Crippen MR) is 209 cm³/mol. The Bertz CT molecular complexity index is 3090. The van der Waals surface area contributed by atoms with E-state index in [-0.39, 0.29) is 12.3 Å². The van der Waals surface area contributed by atoms with Crippen LogP contribution < -0.4 is 16.0 Å². The fraction of sp³-hybridized carbons (Fsp3) is 0.0698. The first-order valence-electron chi connectivity index (χ1n) is 17.5. The fourth-order valence-electron chi connectivity index (χ4n) is 8.81. The summed E-state index contributed by atoms with van der Waals surface area (Å²) in [4.78, 5) is 10.6. The lowest BCUT2D eigenvalue weighted by Gasteiger charge is -2.32. The van der Waals surface area contributed by atoms with Crippen molar-refractivity contribution in [2.75, 3.05) is 11.9 Å². The van der Waals surface area contributed by atoms with E-state index in [9.17, 15) is 0 Å². The highest BCUT2D eigenvalue weighted by molar-refractivity contribution is 6.34. The molecule has 51 heavy (non-hydrogen) atoms. The van der Waals surface area contributed by atoms with Crippen LogP contribution in [-0.4, -0.2) is 32.1 Å². The van der Waals surface area contributed by atoms with Crippen molar-refractivity contribution in [3.05, 3.63) is 145 Å². The SMILES string of the molecule is C1=Nc2c(n3c4ccccc4c4ccc5c(c6c(ccc7c8ccccc8n2c76)n5C2=NC(c5ccccc5)NC(c5ccccc5)N2)c43)NC1. The molecular formula is C43H30N8. The number of fused-ring (bicyclic) bond motifs is 9. The third-order valence-electron chi connectivity index (χ3n) is 10.9. The first kappa shape index (κ1) is 27.2. The second-order valence-electron chi connectivity index (χ2n) is 13.5. The number of hydrogen-bond donors (Lipinski definition) is 3. The molecule has 12 rings (SSSR count). The van der Waals surface area contributed by atoms with Crippen LogP contribution in [0, 0.1) is 0 Å². The molecule has 0 amide bonds. The van der Waals surface area contributed by atoms with Gasteiger partial charge >= 0.3 is 0 Å². The number of nitrogens with zero attached hydrogens (tertiary/aromatic N) is 5. The molecule has 2 atom stereocenters. The summed E-state index contributed by atoms with van der Waals surface area (Å²) >= 11 is 0. The molecule has 10 aromatic rings. The van der Waals surface area contributed by atoms with Gasteiger partial charge in [0.25, 0.3) is 0 Å². The van der Waals surface area contributed by atoms with Gasteiger partial charge in [0.1, 0.15) is 12.3 Å². The lowest BCUT2D eigenvalue weighted by molar-refractivity contribution is 0.403. The van der Waals surface area contributed by atoms with E-state index < -0.39 is 0 Å². The summed E-state index contributed by atoms with van der Waals surface area (Å²) in [7, 11) is 0. The summed E-state index contributed by atoms with van der Waals surface area (Å²) < 4.78 is 7.14. The zero-order valence-corrected chi connectivity index (χ0v) is 27.4. The summed E-state index contributed by atoms with van der Waals surface area (Å²) in [6.07, 6.45) is 1.57. The molecule has 2 aliphatic rings. The number of rotatable bonds is 2. The van der Waals surface area contributed by atoms with Gasteiger partial charge in [-0.2, -0.15) is 0 Å². The van der Waals surface area contributed by atoms with Gasteiger partial charge in [-0.15, -0.1) is 0 Å². The molecule has 2 unspecified atom stereocenters. The first-order valence-corrected chi connectivity index (χ1v) is 17.5. The molecule has 3 N–H and O–H groups in total. The van der Waals surface area contributed by atoms with Crippen LogP contribution in [0.4, 0.5) is 11.6 Å². The number of para-hydroxylation sites is 2. The number of hydrogen-bond acceptors (Lipinski definition) is 5. The van der Waals surface area contributed by atoms with Gasteiger partial charge in [0.05, 0.1) is 39.6 Å². The molecule has 0 saturated heterocycles. The summed E-state index contributed by atoms with van der Waals surface area (Å²) in [6, 6.07) is 47.7. The van der Waals surface area contributed by atoms with Crippen LogP contribution in [0.25, 0.3) is 65.4 Å². The van der Waals surface area contributed by atoms with Crippen LogP contribution in [-0.2, 0) is 0 Å². The second kappa shape index (κ2) is 9.97. The van der Waals surface area contributed by atoms with Crippen molar-refractivity contribution in [3.8, 4) is 0 Å². The molecular weight excluding hydrogens is 629 g/mol. The summed E-state index contributed by atoms with van der Waals surface area (Å²) in [5.74, 6) is 2.68. The number of aliphatic imine (C=N–C) groups is 2. The van der Waals surface area contributed by atoms with Gasteiger partial charge in [-0.1, -0.05) is 109 Å². The van der Waals surface area contributed by atoms with Crippen molar-refractivity contribution in [1.29, 1.82) is 0 Å². The highest BCUT2D eigenvalue weighted by Crippen LogP contribution is 2.47. The van der Waals surface area contributed by atoms with Crippen LogP contribution in [0.3, 0.4) is 0 Å². The third-order valence-corrected chi connectivity index (χ3v) is 10.9. The van der Waals surface area contributed by atoms with Crippen LogP contribution in [0.2, 0.25) is 0 Å². The third kappa shape index (κ3) is 3.56. The molecule has 6 aromatic carbocycles. The van der Waals surface area contributed by atoms with E-state index in [1.54, 1.807) is 0 Å². The van der Waals surface area contributed by atoms with Gasteiger partial charge in [0, 0.05) is 38.5 Å². The Morgan fingerprint density at radius 3 is 1.82 bits per heavy atom. The van der Waals surface area contributed by atoms with E-state index in [4.69, 9.17) is 9.98 Å². The Balaban J connectivity index is 1.30. The van der Waals surface area contributed by atoms with Crippen LogP contribution in [0.1, 0.15) is 23.5 Å². The Hall–Kier alpha value is -6.64. The molecule has 0 fully saturated rings.